The molecule has 3 rings (SSSR count). The van der Waals surface area contributed by atoms with Gasteiger partial charge in [0.25, 0.3) is 0 Å². The summed E-state index contributed by atoms with van der Waals surface area (Å²) in [4.78, 5) is 15.1. The Balaban J connectivity index is 2.09. The minimum atomic E-state index is -1.06. The van der Waals surface area contributed by atoms with Gasteiger partial charge in [-0.05, 0) is 23.8 Å². The lowest BCUT2D eigenvalue weighted by Crippen LogP contribution is -2.24. The van der Waals surface area contributed by atoms with Gasteiger partial charge in [0.1, 0.15) is 23.8 Å². The summed E-state index contributed by atoms with van der Waals surface area (Å²) in [5.41, 5.74) is 0.864. The number of benzene rings is 1. The van der Waals surface area contributed by atoms with Crippen molar-refractivity contribution in [1.29, 1.82) is 0 Å². The van der Waals surface area contributed by atoms with Crippen molar-refractivity contribution in [3.63, 3.8) is 0 Å². The number of nitrogens with zero attached hydrogens (tertiary/aromatic N) is 3. The number of aliphatic carboxylic acids is 1. The topological polar surface area (TPSA) is 100 Å². The van der Waals surface area contributed by atoms with E-state index in [0.29, 0.717) is 5.95 Å². The van der Waals surface area contributed by atoms with Crippen LogP contribution in [-0.2, 0) is 4.79 Å². The number of nitrogens with one attached hydrogen (secondary N) is 1. The molecule has 1 aromatic carbocycles. The van der Waals surface area contributed by atoms with E-state index in [1.54, 1.807) is 35.0 Å². The number of aromatic hydroxyl groups is 1. The van der Waals surface area contributed by atoms with Crippen LogP contribution >= 0.6 is 0 Å². The van der Waals surface area contributed by atoms with Crippen LogP contribution in [0.15, 0.2) is 42.4 Å². The van der Waals surface area contributed by atoms with Crippen LogP contribution in [0.2, 0.25) is 0 Å². The van der Waals surface area contributed by atoms with Crippen molar-refractivity contribution in [3.05, 3.63) is 47.9 Å². The molecular weight excluding hydrogens is 248 g/mol. The lowest BCUT2D eigenvalue weighted by atomic mass is 10.0. The standard InChI is InChI=1S/C12H10N4O3/c17-8-3-1-7(2-4-8)10-5-9(11(18)19)15-12-13-6-14-16(10)12/h1-6,10,17H,(H,18,19)(H,13,14,15). The second kappa shape index (κ2) is 4.13. The Kier molecular flexibility index (Phi) is 2.45. The van der Waals surface area contributed by atoms with Crippen molar-refractivity contribution in [1.82, 2.24) is 14.8 Å². The maximum absolute atomic E-state index is 11.1. The maximum atomic E-state index is 11.1. The zero-order chi connectivity index (χ0) is 13.4. The summed E-state index contributed by atoms with van der Waals surface area (Å²) in [5.74, 6) is -0.532. The third-order valence-electron chi connectivity index (χ3n) is 2.87. The van der Waals surface area contributed by atoms with Crippen LogP contribution in [0.3, 0.4) is 0 Å². The van der Waals surface area contributed by atoms with Gasteiger partial charge in [-0.2, -0.15) is 10.1 Å². The highest BCUT2D eigenvalue weighted by molar-refractivity contribution is 5.90. The lowest BCUT2D eigenvalue weighted by molar-refractivity contribution is -0.132. The molecule has 2 aromatic rings. The van der Waals surface area contributed by atoms with Crippen LogP contribution in [0.25, 0.3) is 0 Å². The van der Waals surface area contributed by atoms with Crippen molar-refractivity contribution in [2.45, 2.75) is 6.04 Å². The highest BCUT2D eigenvalue weighted by Crippen LogP contribution is 2.28. The summed E-state index contributed by atoms with van der Waals surface area (Å²) in [5, 5.41) is 25.1. The van der Waals surface area contributed by atoms with Crippen molar-refractivity contribution in [2.75, 3.05) is 5.32 Å². The number of hydrogen-bond donors (Lipinski definition) is 3. The van der Waals surface area contributed by atoms with E-state index < -0.39 is 5.97 Å². The van der Waals surface area contributed by atoms with E-state index in [1.165, 1.54) is 6.33 Å². The largest absolute Gasteiger partial charge is 0.508 e. The molecule has 1 aromatic heterocycles. The molecule has 1 atom stereocenters. The van der Waals surface area contributed by atoms with Crippen molar-refractivity contribution < 1.29 is 15.0 Å². The molecule has 0 radical (unpaired) electrons. The minimum Gasteiger partial charge on any atom is -0.508 e. The van der Waals surface area contributed by atoms with E-state index in [1.807, 2.05) is 0 Å². The fraction of sp³-hybridized carbons (Fsp3) is 0.0833. The van der Waals surface area contributed by atoms with Gasteiger partial charge in [-0.1, -0.05) is 12.1 Å². The maximum Gasteiger partial charge on any atom is 0.352 e. The number of rotatable bonds is 2. The van der Waals surface area contributed by atoms with Gasteiger partial charge in [-0.15, -0.1) is 0 Å². The number of anilines is 1. The first-order chi connectivity index (χ1) is 9.15. The van der Waals surface area contributed by atoms with E-state index in [4.69, 9.17) is 5.11 Å². The van der Waals surface area contributed by atoms with Crippen LogP contribution in [-0.4, -0.2) is 30.9 Å². The van der Waals surface area contributed by atoms with Gasteiger partial charge < -0.3 is 15.5 Å². The van der Waals surface area contributed by atoms with Crippen molar-refractivity contribution in [3.8, 4) is 5.75 Å². The van der Waals surface area contributed by atoms with Gasteiger partial charge in [-0.3, -0.25) is 0 Å². The summed E-state index contributed by atoms with van der Waals surface area (Å²) in [6.45, 7) is 0. The highest BCUT2D eigenvalue weighted by atomic mass is 16.4. The average Bonchev–Trinajstić information content (AvgIpc) is 2.86. The van der Waals surface area contributed by atoms with Crippen LogP contribution < -0.4 is 5.32 Å². The Morgan fingerprint density at radius 3 is 2.74 bits per heavy atom. The van der Waals surface area contributed by atoms with Crippen LogP contribution in [0.4, 0.5) is 5.95 Å². The summed E-state index contributed by atoms with van der Waals surface area (Å²) in [6.07, 6.45) is 2.91. The smallest absolute Gasteiger partial charge is 0.352 e. The summed E-state index contributed by atoms with van der Waals surface area (Å²) < 4.78 is 1.58. The molecule has 2 heterocycles. The van der Waals surface area contributed by atoms with E-state index in [9.17, 15) is 9.90 Å². The second-order valence-electron chi connectivity index (χ2n) is 4.08. The number of allylic oxidation sites excluding steroid dienone is 1. The summed E-state index contributed by atoms with van der Waals surface area (Å²) in [6, 6.07) is 6.15. The average molecular weight is 258 g/mol. The highest BCUT2D eigenvalue weighted by Gasteiger charge is 2.25. The first kappa shape index (κ1) is 11.3. The minimum absolute atomic E-state index is 0.0542. The van der Waals surface area contributed by atoms with Crippen molar-refractivity contribution >= 4 is 11.9 Å². The number of phenols is 1. The molecule has 0 saturated heterocycles. The second-order valence-corrected chi connectivity index (χ2v) is 4.08. The molecule has 1 aliphatic heterocycles. The number of carboxylic acids is 1. The Labute approximate surface area is 107 Å². The van der Waals surface area contributed by atoms with E-state index in [0.717, 1.165) is 5.56 Å². The summed E-state index contributed by atoms with van der Waals surface area (Å²) >= 11 is 0. The van der Waals surface area contributed by atoms with Crippen molar-refractivity contribution in [2.24, 2.45) is 0 Å². The zero-order valence-electron chi connectivity index (χ0n) is 9.69. The van der Waals surface area contributed by atoms with E-state index >= 15 is 0 Å². The molecule has 7 nitrogen and oxygen atoms in total. The number of hydrogen-bond acceptors (Lipinski definition) is 5. The molecule has 0 amide bonds. The van der Waals surface area contributed by atoms with Gasteiger partial charge in [-0.25, -0.2) is 9.48 Å². The molecule has 0 fully saturated rings. The van der Waals surface area contributed by atoms with Gasteiger partial charge in [0.15, 0.2) is 0 Å². The molecule has 19 heavy (non-hydrogen) atoms. The fourth-order valence-corrected chi connectivity index (χ4v) is 1.97. The Morgan fingerprint density at radius 2 is 2.05 bits per heavy atom. The molecule has 7 heteroatoms. The predicted octanol–water partition coefficient (Wildman–Crippen LogP) is 0.967. The first-order valence-corrected chi connectivity index (χ1v) is 5.56. The number of carbonyl (C=O) groups is 1. The van der Waals surface area contributed by atoms with Gasteiger partial charge in [0.05, 0.1) is 0 Å². The summed E-state index contributed by atoms with van der Waals surface area (Å²) in [7, 11) is 0. The van der Waals surface area contributed by atoms with E-state index in [-0.39, 0.29) is 17.5 Å². The molecule has 0 bridgehead atoms. The Hall–Kier alpha value is -2.83. The number of aromatic nitrogens is 3. The Morgan fingerprint density at radius 1 is 1.32 bits per heavy atom. The van der Waals surface area contributed by atoms with Crippen LogP contribution in [0, 0.1) is 0 Å². The molecule has 0 aliphatic carbocycles. The molecule has 0 saturated carbocycles. The molecule has 1 unspecified atom stereocenters. The van der Waals surface area contributed by atoms with Crippen LogP contribution in [0.1, 0.15) is 11.6 Å². The quantitative estimate of drug-likeness (QED) is 0.742. The lowest BCUT2D eigenvalue weighted by Gasteiger charge is -2.22. The molecular formula is C12H10N4O3. The Bertz CT molecular complexity index is 660. The van der Waals surface area contributed by atoms with Gasteiger partial charge in [0, 0.05) is 0 Å². The third kappa shape index (κ3) is 1.90. The predicted molar refractivity (Wildman–Crippen MR) is 65.6 cm³/mol. The number of carboxylic acid groups (broad SMARTS) is 1. The molecule has 3 N–H and O–H groups in total. The normalized spacial score (nSPS) is 17.3. The number of phenolic OH excluding ortho intramolecular Hbond substituents is 1. The van der Waals surface area contributed by atoms with Crippen LogP contribution in [0.5, 0.6) is 5.75 Å². The molecule has 1 aliphatic rings. The fourth-order valence-electron chi connectivity index (χ4n) is 1.97. The molecule has 96 valence electrons. The van der Waals surface area contributed by atoms with Gasteiger partial charge in [0.2, 0.25) is 5.95 Å². The SMILES string of the molecule is O=C(O)C1=CC(c2ccc(O)cc2)n2ncnc2N1. The first-order valence-electron chi connectivity index (χ1n) is 5.56. The molecule has 0 spiro atoms. The van der Waals surface area contributed by atoms with Gasteiger partial charge >= 0.3 is 5.97 Å². The number of fused-ring (bicyclic) bond motifs is 1. The zero-order valence-corrected chi connectivity index (χ0v) is 9.69. The van der Waals surface area contributed by atoms with E-state index in [2.05, 4.69) is 15.4 Å². The third-order valence-corrected chi connectivity index (χ3v) is 2.87. The monoisotopic (exact) mass is 258 g/mol.